The summed E-state index contributed by atoms with van der Waals surface area (Å²) in [6.45, 7) is 5.24. The summed E-state index contributed by atoms with van der Waals surface area (Å²) in [6, 6.07) is 7.69. The third kappa shape index (κ3) is 6.16. The van der Waals surface area contributed by atoms with E-state index in [1.807, 2.05) is 38.1 Å². The van der Waals surface area contributed by atoms with Gasteiger partial charge in [0.25, 0.3) is 0 Å². The first-order chi connectivity index (χ1) is 11.7. The van der Waals surface area contributed by atoms with E-state index < -0.39 is 0 Å². The van der Waals surface area contributed by atoms with Crippen LogP contribution in [0.2, 0.25) is 0 Å². The van der Waals surface area contributed by atoms with Crippen molar-refractivity contribution >= 4 is 23.3 Å². The maximum absolute atomic E-state index is 11.9. The molecular formula is C19H24N2O2S. The summed E-state index contributed by atoms with van der Waals surface area (Å²) in [5.74, 6) is 0.717. The highest BCUT2D eigenvalue weighted by atomic mass is 32.1. The maximum atomic E-state index is 11.9. The number of aryl methyl sites for hydroxylation is 2. The van der Waals surface area contributed by atoms with E-state index in [9.17, 15) is 4.79 Å². The van der Waals surface area contributed by atoms with Crippen LogP contribution >= 0.6 is 11.3 Å². The molecule has 128 valence electrons. The van der Waals surface area contributed by atoms with Crippen molar-refractivity contribution in [3.8, 4) is 5.75 Å². The van der Waals surface area contributed by atoms with Crippen LogP contribution in [0.25, 0.3) is 6.08 Å². The molecule has 2 aromatic rings. The normalized spacial score (nSPS) is 10.9. The van der Waals surface area contributed by atoms with Gasteiger partial charge in [-0.3, -0.25) is 4.79 Å². The second-order valence-electron chi connectivity index (χ2n) is 5.43. The van der Waals surface area contributed by atoms with Crippen LogP contribution < -0.4 is 10.1 Å². The van der Waals surface area contributed by atoms with Gasteiger partial charge in [-0.1, -0.05) is 18.2 Å². The van der Waals surface area contributed by atoms with Gasteiger partial charge in [-0.25, -0.2) is 4.98 Å². The van der Waals surface area contributed by atoms with E-state index in [1.165, 1.54) is 5.01 Å². The van der Waals surface area contributed by atoms with Crippen LogP contribution in [0.4, 0.5) is 0 Å². The Balaban J connectivity index is 1.69. The predicted molar refractivity (Wildman–Crippen MR) is 99.4 cm³/mol. The first kappa shape index (κ1) is 18.2. The third-order valence-electron chi connectivity index (χ3n) is 3.42. The standard InChI is InChI=1S/C19H24N2O2S/c1-3-23-17-9-5-4-8-16(17)11-12-18(22)20-13-7-6-10-19-21-15(2)14-24-19/h4-5,8-9,11-12,14H,3,6-7,10,13H2,1-2H3,(H,20,22)/b12-11+. The van der Waals surface area contributed by atoms with E-state index in [0.717, 1.165) is 36.3 Å². The lowest BCUT2D eigenvalue weighted by atomic mass is 10.2. The van der Waals surface area contributed by atoms with E-state index >= 15 is 0 Å². The SMILES string of the molecule is CCOc1ccccc1/C=C/C(=O)NCCCCc1nc(C)cs1. The highest BCUT2D eigenvalue weighted by molar-refractivity contribution is 7.09. The Hall–Kier alpha value is -2.14. The minimum Gasteiger partial charge on any atom is -0.493 e. The topological polar surface area (TPSA) is 51.2 Å². The fourth-order valence-corrected chi connectivity index (χ4v) is 3.08. The molecule has 2 rings (SSSR count). The molecule has 0 aliphatic carbocycles. The molecule has 0 atom stereocenters. The van der Waals surface area contributed by atoms with Crippen molar-refractivity contribution in [1.29, 1.82) is 0 Å². The average molecular weight is 344 g/mol. The van der Waals surface area contributed by atoms with Gasteiger partial charge in [-0.2, -0.15) is 0 Å². The number of ether oxygens (including phenoxy) is 1. The highest BCUT2D eigenvalue weighted by Gasteiger charge is 2.01. The molecule has 0 aliphatic rings. The first-order valence-electron chi connectivity index (χ1n) is 8.27. The summed E-state index contributed by atoms with van der Waals surface area (Å²) in [5.41, 5.74) is 1.99. The van der Waals surface area contributed by atoms with Crippen molar-refractivity contribution < 1.29 is 9.53 Å². The zero-order valence-corrected chi connectivity index (χ0v) is 15.1. The Labute approximate surface area is 147 Å². The lowest BCUT2D eigenvalue weighted by Gasteiger charge is -2.06. The average Bonchev–Trinajstić information content (AvgIpc) is 2.99. The number of nitrogens with one attached hydrogen (secondary N) is 1. The fourth-order valence-electron chi connectivity index (χ4n) is 2.26. The number of nitrogens with zero attached hydrogens (tertiary/aromatic N) is 1. The maximum Gasteiger partial charge on any atom is 0.244 e. The van der Waals surface area contributed by atoms with Crippen LogP contribution in [0.5, 0.6) is 5.75 Å². The second-order valence-corrected chi connectivity index (χ2v) is 6.38. The largest absolute Gasteiger partial charge is 0.493 e. The van der Waals surface area contributed by atoms with Gasteiger partial charge in [0.1, 0.15) is 5.75 Å². The number of rotatable bonds is 9. The molecule has 1 heterocycles. The van der Waals surface area contributed by atoms with Crippen LogP contribution in [0.1, 0.15) is 36.0 Å². The Morgan fingerprint density at radius 3 is 2.92 bits per heavy atom. The lowest BCUT2D eigenvalue weighted by Crippen LogP contribution is -2.22. The number of hydrogen-bond acceptors (Lipinski definition) is 4. The summed E-state index contributed by atoms with van der Waals surface area (Å²) in [4.78, 5) is 16.3. The van der Waals surface area contributed by atoms with Crippen molar-refractivity contribution in [3.63, 3.8) is 0 Å². The molecule has 1 amide bonds. The molecule has 0 radical (unpaired) electrons. The number of carbonyl (C=O) groups is 1. The Morgan fingerprint density at radius 2 is 2.17 bits per heavy atom. The number of amides is 1. The zero-order valence-electron chi connectivity index (χ0n) is 14.2. The van der Waals surface area contributed by atoms with Gasteiger partial charge in [0.2, 0.25) is 5.91 Å². The number of hydrogen-bond donors (Lipinski definition) is 1. The van der Waals surface area contributed by atoms with Crippen LogP contribution in [-0.4, -0.2) is 24.0 Å². The molecule has 0 bridgehead atoms. The van der Waals surface area contributed by atoms with Crippen molar-refractivity contribution in [2.24, 2.45) is 0 Å². The molecular weight excluding hydrogens is 320 g/mol. The van der Waals surface area contributed by atoms with Gasteiger partial charge in [-0.05, 0) is 45.3 Å². The summed E-state index contributed by atoms with van der Waals surface area (Å²) in [6.07, 6.45) is 6.31. The van der Waals surface area contributed by atoms with Gasteiger partial charge in [0.15, 0.2) is 0 Å². The second kappa shape index (κ2) is 9.88. The van der Waals surface area contributed by atoms with Gasteiger partial charge in [-0.15, -0.1) is 11.3 Å². The minimum absolute atomic E-state index is 0.0774. The molecule has 0 fully saturated rings. The van der Waals surface area contributed by atoms with Crippen molar-refractivity contribution in [2.75, 3.05) is 13.2 Å². The van der Waals surface area contributed by atoms with Crippen LogP contribution in [0.3, 0.4) is 0 Å². The number of benzene rings is 1. The first-order valence-corrected chi connectivity index (χ1v) is 9.15. The van der Waals surface area contributed by atoms with Crippen molar-refractivity contribution in [3.05, 3.63) is 52.0 Å². The van der Waals surface area contributed by atoms with Gasteiger partial charge in [0, 0.05) is 29.3 Å². The van der Waals surface area contributed by atoms with Crippen LogP contribution in [-0.2, 0) is 11.2 Å². The van der Waals surface area contributed by atoms with E-state index in [4.69, 9.17) is 4.74 Å². The van der Waals surface area contributed by atoms with E-state index in [1.54, 1.807) is 23.5 Å². The van der Waals surface area contributed by atoms with Crippen LogP contribution in [0, 0.1) is 6.92 Å². The molecule has 0 unspecified atom stereocenters. The molecule has 1 N–H and O–H groups in total. The quantitative estimate of drug-likeness (QED) is 0.552. The molecule has 1 aromatic heterocycles. The molecule has 0 spiro atoms. The van der Waals surface area contributed by atoms with Gasteiger partial charge >= 0.3 is 0 Å². The predicted octanol–water partition coefficient (Wildman–Crippen LogP) is 4.00. The third-order valence-corrected chi connectivity index (χ3v) is 4.44. The Bertz CT molecular complexity index is 680. The summed E-state index contributed by atoms with van der Waals surface area (Å²) in [7, 11) is 0. The van der Waals surface area contributed by atoms with Crippen molar-refractivity contribution in [2.45, 2.75) is 33.1 Å². The Kier molecular flexibility index (Phi) is 7.49. The minimum atomic E-state index is -0.0774. The number of aromatic nitrogens is 1. The summed E-state index contributed by atoms with van der Waals surface area (Å²) < 4.78 is 5.54. The number of carbonyl (C=O) groups excluding carboxylic acids is 1. The van der Waals surface area contributed by atoms with E-state index in [-0.39, 0.29) is 5.91 Å². The van der Waals surface area contributed by atoms with Gasteiger partial charge < -0.3 is 10.1 Å². The smallest absolute Gasteiger partial charge is 0.244 e. The summed E-state index contributed by atoms with van der Waals surface area (Å²) in [5, 5.41) is 6.16. The number of thiazole rings is 1. The van der Waals surface area contributed by atoms with Gasteiger partial charge in [0.05, 0.1) is 11.6 Å². The molecule has 1 aromatic carbocycles. The zero-order chi connectivity index (χ0) is 17.2. The molecule has 0 saturated heterocycles. The molecule has 24 heavy (non-hydrogen) atoms. The number of unbranched alkanes of at least 4 members (excludes halogenated alkanes) is 1. The van der Waals surface area contributed by atoms with Crippen molar-refractivity contribution in [1.82, 2.24) is 10.3 Å². The van der Waals surface area contributed by atoms with E-state index in [0.29, 0.717) is 13.2 Å². The molecule has 0 aliphatic heterocycles. The van der Waals surface area contributed by atoms with E-state index in [2.05, 4.69) is 15.7 Å². The monoisotopic (exact) mass is 344 g/mol. The fraction of sp³-hybridized carbons (Fsp3) is 0.368. The molecule has 4 nitrogen and oxygen atoms in total. The molecule has 5 heteroatoms. The number of para-hydroxylation sites is 1. The molecule has 0 saturated carbocycles. The highest BCUT2D eigenvalue weighted by Crippen LogP contribution is 2.19. The lowest BCUT2D eigenvalue weighted by molar-refractivity contribution is -0.116. The Morgan fingerprint density at radius 1 is 1.33 bits per heavy atom. The summed E-state index contributed by atoms with van der Waals surface area (Å²) >= 11 is 1.70. The van der Waals surface area contributed by atoms with Crippen LogP contribution in [0.15, 0.2) is 35.7 Å².